The average molecular weight is 272 g/mol. The molecule has 0 spiro atoms. The van der Waals surface area contributed by atoms with E-state index in [0.29, 0.717) is 23.3 Å². The minimum Gasteiger partial charge on any atom is -0.422 e. The fourth-order valence-electron chi connectivity index (χ4n) is 2.67. The van der Waals surface area contributed by atoms with Crippen molar-refractivity contribution in [2.24, 2.45) is 0 Å². The molecule has 6 heteroatoms. The van der Waals surface area contributed by atoms with E-state index in [1.807, 2.05) is 17.0 Å². The Morgan fingerprint density at radius 1 is 1.40 bits per heavy atom. The molecule has 1 aliphatic heterocycles. The Morgan fingerprint density at radius 2 is 2.30 bits per heavy atom. The van der Waals surface area contributed by atoms with Crippen LogP contribution in [0.15, 0.2) is 22.7 Å². The molecule has 1 amide bonds. The number of carbonyl (C=O) groups is 1. The molecule has 1 saturated carbocycles. The van der Waals surface area contributed by atoms with Gasteiger partial charge in [-0.2, -0.15) is 4.98 Å². The van der Waals surface area contributed by atoms with Crippen LogP contribution in [0.3, 0.4) is 0 Å². The topological polar surface area (TPSA) is 71.3 Å². The van der Waals surface area contributed by atoms with Gasteiger partial charge in [-0.15, -0.1) is 0 Å². The van der Waals surface area contributed by atoms with Gasteiger partial charge in [0, 0.05) is 18.8 Å². The molecule has 1 atom stereocenters. The van der Waals surface area contributed by atoms with E-state index in [-0.39, 0.29) is 11.9 Å². The molecule has 2 aliphatic rings. The summed E-state index contributed by atoms with van der Waals surface area (Å²) in [6.45, 7) is 0.801. The van der Waals surface area contributed by atoms with Crippen LogP contribution in [0.5, 0.6) is 0 Å². The Bertz CT molecular complexity index is 616. The van der Waals surface area contributed by atoms with Crippen molar-refractivity contribution < 1.29 is 9.21 Å². The van der Waals surface area contributed by atoms with E-state index in [1.54, 1.807) is 6.20 Å². The highest BCUT2D eigenvalue weighted by molar-refractivity contribution is 5.86. The van der Waals surface area contributed by atoms with Crippen molar-refractivity contribution in [1.82, 2.24) is 15.3 Å². The number of rotatable bonds is 3. The summed E-state index contributed by atoms with van der Waals surface area (Å²) in [5, 5.41) is 3.06. The Hall–Kier alpha value is -2.11. The summed E-state index contributed by atoms with van der Waals surface area (Å²) in [6.07, 6.45) is 5.73. The molecular formula is C14H16N4O2. The summed E-state index contributed by atoms with van der Waals surface area (Å²) < 4.78 is 5.73. The van der Waals surface area contributed by atoms with Gasteiger partial charge in [0.15, 0.2) is 5.58 Å². The maximum atomic E-state index is 12.3. The van der Waals surface area contributed by atoms with E-state index in [9.17, 15) is 4.79 Å². The fourth-order valence-corrected chi connectivity index (χ4v) is 2.67. The van der Waals surface area contributed by atoms with Crippen LogP contribution in [0, 0.1) is 0 Å². The van der Waals surface area contributed by atoms with Crippen molar-refractivity contribution in [3.8, 4) is 0 Å². The van der Waals surface area contributed by atoms with Crippen molar-refractivity contribution >= 4 is 23.2 Å². The molecule has 6 nitrogen and oxygen atoms in total. The second kappa shape index (κ2) is 4.47. The molecule has 0 aromatic carbocycles. The Morgan fingerprint density at radius 3 is 3.10 bits per heavy atom. The van der Waals surface area contributed by atoms with Crippen molar-refractivity contribution in [2.75, 3.05) is 11.4 Å². The van der Waals surface area contributed by atoms with E-state index in [2.05, 4.69) is 15.3 Å². The van der Waals surface area contributed by atoms with Crippen LogP contribution in [-0.4, -0.2) is 34.5 Å². The zero-order valence-corrected chi connectivity index (χ0v) is 11.1. The van der Waals surface area contributed by atoms with Crippen molar-refractivity contribution in [3.63, 3.8) is 0 Å². The lowest BCUT2D eigenvalue weighted by Crippen LogP contribution is -2.44. The summed E-state index contributed by atoms with van der Waals surface area (Å²) in [6, 6.07) is 4.39. The smallest absolute Gasteiger partial charge is 0.300 e. The van der Waals surface area contributed by atoms with Gasteiger partial charge in [0.1, 0.15) is 6.04 Å². The lowest BCUT2D eigenvalue weighted by molar-refractivity contribution is -0.122. The van der Waals surface area contributed by atoms with Gasteiger partial charge in [-0.25, -0.2) is 4.98 Å². The van der Waals surface area contributed by atoms with Gasteiger partial charge < -0.3 is 14.6 Å². The second-order valence-electron chi connectivity index (χ2n) is 5.46. The highest BCUT2D eigenvalue weighted by Gasteiger charge is 2.36. The predicted octanol–water partition coefficient (Wildman–Crippen LogP) is 1.47. The summed E-state index contributed by atoms with van der Waals surface area (Å²) >= 11 is 0. The van der Waals surface area contributed by atoms with Crippen molar-refractivity contribution in [2.45, 2.75) is 37.8 Å². The molecule has 2 aromatic heterocycles. The van der Waals surface area contributed by atoms with E-state index in [1.165, 1.54) is 0 Å². The number of oxazole rings is 1. The molecule has 0 radical (unpaired) electrons. The third-order valence-corrected chi connectivity index (χ3v) is 3.88. The number of nitrogens with zero attached hydrogens (tertiary/aromatic N) is 3. The zero-order chi connectivity index (χ0) is 13.5. The molecular weight excluding hydrogens is 256 g/mol. The average Bonchev–Trinajstić information content (AvgIpc) is 3.00. The van der Waals surface area contributed by atoms with Crippen LogP contribution < -0.4 is 10.2 Å². The second-order valence-corrected chi connectivity index (χ2v) is 5.46. The molecule has 104 valence electrons. The van der Waals surface area contributed by atoms with Gasteiger partial charge in [-0.05, 0) is 37.8 Å². The number of anilines is 1. The van der Waals surface area contributed by atoms with Crippen LogP contribution in [0.4, 0.5) is 6.01 Å². The first kappa shape index (κ1) is 11.7. The van der Waals surface area contributed by atoms with Gasteiger partial charge in [-0.1, -0.05) is 0 Å². The number of pyridine rings is 1. The molecule has 1 N–H and O–H groups in total. The number of aromatic nitrogens is 2. The summed E-state index contributed by atoms with van der Waals surface area (Å²) in [4.78, 5) is 22.8. The minimum atomic E-state index is -0.163. The molecule has 0 bridgehead atoms. The van der Waals surface area contributed by atoms with E-state index in [0.717, 1.165) is 32.2 Å². The molecule has 1 saturated heterocycles. The monoisotopic (exact) mass is 272 g/mol. The number of hydrogen-bond donors (Lipinski definition) is 1. The number of carbonyl (C=O) groups excluding carboxylic acids is 1. The van der Waals surface area contributed by atoms with Crippen LogP contribution in [0.25, 0.3) is 11.2 Å². The highest BCUT2D eigenvalue weighted by Crippen LogP contribution is 2.28. The quantitative estimate of drug-likeness (QED) is 0.916. The molecule has 4 rings (SSSR count). The first-order valence-electron chi connectivity index (χ1n) is 7.10. The van der Waals surface area contributed by atoms with Crippen LogP contribution in [0.1, 0.15) is 25.7 Å². The van der Waals surface area contributed by atoms with Gasteiger partial charge in [0.2, 0.25) is 11.6 Å². The third kappa shape index (κ3) is 2.01. The zero-order valence-electron chi connectivity index (χ0n) is 11.1. The molecule has 3 heterocycles. The van der Waals surface area contributed by atoms with Crippen LogP contribution in [-0.2, 0) is 4.79 Å². The van der Waals surface area contributed by atoms with Gasteiger partial charge >= 0.3 is 6.01 Å². The maximum Gasteiger partial charge on any atom is 0.300 e. The number of nitrogens with one attached hydrogen (secondary N) is 1. The summed E-state index contributed by atoms with van der Waals surface area (Å²) in [5.41, 5.74) is 1.26. The molecule has 20 heavy (non-hydrogen) atoms. The first-order chi connectivity index (χ1) is 9.81. The van der Waals surface area contributed by atoms with E-state index < -0.39 is 0 Å². The Balaban J connectivity index is 1.60. The van der Waals surface area contributed by atoms with E-state index >= 15 is 0 Å². The minimum absolute atomic E-state index is 0.0974. The Kier molecular flexibility index (Phi) is 2.61. The van der Waals surface area contributed by atoms with Gasteiger partial charge in [0.05, 0.1) is 0 Å². The lowest BCUT2D eigenvalue weighted by atomic mass is 10.2. The normalized spacial score (nSPS) is 22.4. The van der Waals surface area contributed by atoms with Crippen LogP contribution in [0.2, 0.25) is 0 Å². The number of fused-ring (bicyclic) bond motifs is 1. The fraction of sp³-hybridized carbons (Fsp3) is 0.500. The predicted molar refractivity (Wildman–Crippen MR) is 73.3 cm³/mol. The van der Waals surface area contributed by atoms with Crippen LogP contribution >= 0.6 is 0 Å². The van der Waals surface area contributed by atoms with Crippen molar-refractivity contribution in [1.29, 1.82) is 0 Å². The number of hydrogen-bond acceptors (Lipinski definition) is 5. The lowest BCUT2D eigenvalue weighted by Gasteiger charge is -2.21. The maximum absolute atomic E-state index is 12.3. The largest absolute Gasteiger partial charge is 0.422 e. The van der Waals surface area contributed by atoms with E-state index in [4.69, 9.17) is 4.42 Å². The molecule has 2 aromatic rings. The molecule has 1 unspecified atom stereocenters. The molecule has 1 aliphatic carbocycles. The number of amides is 1. The summed E-state index contributed by atoms with van der Waals surface area (Å²) in [7, 11) is 0. The molecule has 2 fully saturated rings. The third-order valence-electron chi connectivity index (χ3n) is 3.88. The van der Waals surface area contributed by atoms with Gasteiger partial charge in [-0.3, -0.25) is 4.79 Å². The van der Waals surface area contributed by atoms with Gasteiger partial charge in [0.25, 0.3) is 0 Å². The standard InChI is InChI=1S/C14H16N4O2/c19-13(16-9-5-6-9)10-3-2-8-18(10)14-17-12-11(20-14)4-1-7-15-12/h1,4,7,9-10H,2-3,5-6,8H2,(H,16,19). The Labute approximate surface area is 116 Å². The highest BCUT2D eigenvalue weighted by atomic mass is 16.4. The SMILES string of the molecule is O=C(NC1CC1)C1CCCN1c1nc2ncccc2o1. The van der Waals surface area contributed by atoms with Crippen molar-refractivity contribution in [3.05, 3.63) is 18.3 Å². The first-order valence-corrected chi connectivity index (χ1v) is 7.10. The summed E-state index contributed by atoms with van der Waals surface area (Å²) in [5.74, 6) is 0.0974.